The maximum absolute atomic E-state index is 13.6. The van der Waals surface area contributed by atoms with Crippen molar-refractivity contribution in [2.24, 2.45) is 0 Å². The van der Waals surface area contributed by atoms with Crippen molar-refractivity contribution in [3.63, 3.8) is 0 Å². The number of ether oxygens (including phenoxy) is 1. The van der Waals surface area contributed by atoms with Gasteiger partial charge in [-0.15, -0.1) is 0 Å². The third-order valence-electron chi connectivity index (χ3n) is 5.55. The molecule has 1 aliphatic rings. The molecule has 2 heterocycles. The highest BCUT2D eigenvalue weighted by Gasteiger charge is 2.28. The molecule has 4 aromatic rings. The molecule has 5 rings (SSSR count). The Hall–Kier alpha value is -3.71. The van der Waals surface area contributed by atoms with Crippen LogP contribution >= 0.6 is 11.3 Å². The fourth-order valence-corrected chi connectivity index (χ4v) is 5.12. The van der Waals surface area contributed by atoms with Crippen LogP contribution < -0.4 is 14.5 Å². The molecule has 0 radical (unpaired) electrons. The lowest BCUT2D eigenvalue weighted by molar-refractivity contribution is -0.121. The lowest BCUT2D eigenvalue weighted by Crippen LogP contribution is -2.41. The van der Waals surface area contributed by atoms with E-state index in [9.17, 15) is 9.59 Å². The number of aryl methyl sites for hydroxylation is 2. The summed E-state index contributed by atoms with van der Waals surface area (Å²) in [4.78, 5) is 34.2. The fraction of sp³-hybridized carbons (Fsp3) is 0.192. The van der Waals surface area contributed by atoms with Gasteiger partial charge in [-0.05, 0) is 61.4 Å². The minimum absolute atomic E-state index is 0.0239. The monoisotopic (exact) mass is 457 g/mol. The first-order valence-corrected chi connectivity index (χ1v) is 11.6. The van der Waals surface area contributed by atoms with Gasteiger partial charge in [0.2, 0.25) is 5.91 Å². The second-order valence-electron chi connectivity index (χ2n) is 8.09. The van der Waals surface area contributed by atoms with Crippen molar-refractivity contribution in [3.05, 3.63) is 77.9 Å². The summed E-state index contributed by atoms with van der Waals surface area (Å²) in [5.41, 5.74) is 4.48. The van der Waals surface area contributed by atoms with Crippen LogP contribution in [-0.4, -0.2) is 29.9 Å². The number of amides is 2. The van der Waals surface area contributed by atoms with Crippen molar-refractivity contribution in [2.75, 3.05) is 23.0 Å². The van der Waals surface area contributed by atoms with Gasteiger partial charge in [0.25, 0.3) is 5.91 Å². The Morgan fingerprint density at radius 1 is 1.06 bits per heavy atom. The van der Waals surface area contributed by atoms with E-state index in [1.54, 1.807) is 9.80 Å². The second-order valence-corrected chi connectivity index (χ2v) is 9.10. The molecule has 3 aromatic carbocycles. The van der Waals surface area contributed by atoms with E-state index in [2.05, 4.69) is 6.07 Å². The highest BCUT2D eigenvalue weighted by Crippen LogP contribution is 2.36. The highest BCUT2D eigenvalue weighted by atomic mass is 32.1. The summed E-state index contributed by atoms with van der Waals surface area (Å²) >= 11 is 1.48. The maximum atomic E-state index is 13.6. The van der Waals surface area contributed by atoms with E-state index in [0.29, 0.717) is 16.6 Å². The largest absolute Gasteiger partial charge is 0.482 e. The zero-order valence-electron chi connectivity index (χ0n) is 18.4. The summed E-state index contributed by atoms with van der Waals surface area (Å²) in [5, 5.41) is 0.625. The molecule has 2 amide bonds. The lowest BCUT2D eigenvalue weighted by Gasteiger charge is -2.30. The van der Waals surface area contributed by atoms with Gasteiger partial charge in [-0.25, -0.2) is 4.98 Å². The summed E-state index contributed by atoms with van der Waals surface area (Å²) in [6.45, 7) is 4.27. The quantitative estimate of drug-likeness (QED) is 0.403. The lowest BCUT2D eigenvalue weighted by atomic mass is 10.1. The van der Waals surface area contributed by atoms with Crippen LogP contribution in [-0.2, 0) is 9.59 Å². The van der Waals surface area contributed by atoms with Crippen LogP contribution in [0.25, 0.3) is 10.2 Å². The predicted octanol–water partition coefficient (Wildman–Crippen LogP) is 5.39. The summed E-state index contributed by atoms with van der Waals surface area (Å²) in [6, 6.07) is 21.3. The third-order valence-corrected chi connectivity index (χ3v) is 6.57. The smallest absolute Gasteiger partial charge is 0.265 e. The molecule has 0 N–H and O–H groups in total. The minimum Gasteiger partial charge on any atom is -0.482 e. The van der Waals surface area contributed by atoms with E-state index in [1.807, 2.05) is 74.5 Å². The number of carbonyl (C=O) groups is 2. The number of hydrogen-bond acceptors (Lipinski definition) is 5. The number of thiazole rings is 1. The van der Waals surface area contributed by atoms with Crippen LogP contribution in [0.4, 0.5) is 16.5 Å². The summed E-state index contributed by atoms with van der Waals surface area (Å²) in [7, 11) is 0. The van der Waals surface area contributed by atoms with Gasteiger partial charge in [-0.3, -0.25) is 14.5 Å². The average Bonchev–Trinajstić information content (AvgIpc) is 3.21. The van der Waals surface area contributed by atoms with Gasteiger partial charge in [0, 0.05) is 13.0 Å². The van der Waals surface area contributed by atoms with E-state index in [-0.39, 0.29) is 31.4 Å². The van der Waals surface area contributed by atoms with Gasteiger partial charge >= 0.3 is 0 Å². The Kier molecular flexibility index (Phi) is 5.56. The zero-order chi connectivity index (χ0) is 22.9. The molecule has 33 heavy (non-hydrogen) atoms. The van der Waals surface area contributed by atoms with E-state index in [4.69, 9.17) is 9.72 Å². The van der Waals surface area contributed by atoms with Crippen LogP contribution in [0.1, 0.15) is 17.5 Å². The molecule has 0 fully saturated rings. The van der Waals surface area contributed by atoms with Crippen LogP contribution in [0.5, 0.6) is 5.75 Å². The topological polar surface area (TPSA) is 62.7 Å². The van der Waals surface area contributed by atoms with E-state index in [1.165, 1.54) is 11.3 Å². The predicted molar refractivity (Wildman–Crippen MR) is 132 cm³/mol. The molecule has 0 atom stereocenters. The molecule has 1 aromatic heterocycles. The number of aromatic nitrogens is 1. The van der Waals surface area contributed by atoms with Gasteiger partial charge in [0.15, 0.2) is 11.7 Å². The molecule has 0 bridgehead atoms. The third kappa shape index (κ3) is 4.19. The fourth-order valence-electron chi connectivity index (χ4n) is 4.11. The first-order chi connectivity index (χ1) is 16.0. The summed E-state index contributed by atoms with van der Waals surface area (Å²) in [6.07, 6.45) is 0.156. The number of fused-ring (bicyclic) bond motifs is 2. The molecule has 0 unspecified atom stereocenters. The molecular formula is C26H23N3O3S. The van der Waals surface area contributed by atoms with Gasteiger partial charge in [0.1, 0.15) is 5.75 Å². The molecule has 0 spiro atoms. The summed E-state index contributed by atoms with van der Waals surface area (Å²) < 4.78 is 6.54. The Labute approximate surface area is 196 Å². The van der Waals surface area contributed by atoms with E-state index >= 15 is 0 Å². The van der Waals surface area contributed by atoms with Crippen LogP contribution in [0.2, 0.25) is 0 Å². The molecule has 0 aliphatic carbocycles. The van der Waals surface area contributed by atoms with E-state index in [0.717, 1.165) is 27.0 Å². The average molecular weight is 458 g/mol. The van der Waals surface area contributed by atoms with Gasteiger partial charge in [0.05, 0.1) is 21.6 Å². The molecule has 1 aliphatic heterocycles. The van der Waals surface area contributed by atoms with Gasteiger partial charge in [-0.1, -0.05) is 41.7 Å². The minimum atomic E-state index is -0.153. The molecule has 7 heteroatoms. The molecule has 0 saturated carbocycles. The second kappa shape index (κ2) is 8.67. The Bertz CT molecular complexity index is 1310. The molecule has 6 nitrogen and oxygen atoms in total. The zero-order valence-corrected chi connectivity index (χ0v) is 19.3. The van der Waals surface area contributed by atoms with Crippen LogP contribution in [0.15, 0.2) is 66.7 Å². The van der Waals surface area contributed by atoms with Crippen molar-refractivity contribution in [2.45, 2.75) is 20.3 Å². The molecule has 0 saturated heterocycles. The van der Waals surface area contributed by atoms with Gasteiger partial charge in [-0.2, -0.15) is 0 Å². The normalized spacial score (nSPS) is 13.0. The van der Waals surface area contributed by atoms with E-state index < -0.39 is 0 Å². The number of anilines is 3. The van der Waals surface area contributed by atoms with Crippen molar-refractivity contribution >= 4 is 49.9 Å². The van der Waals surface area contributed by atoms with Crippen molar-refractivity contribution < 1.29 is 14.3 Å². The maximum Gasteiger partial charge on any atom is 0.265 e. The molecule has 166 valence electrons. The number of rotatable bonds is 5. The number of benzene rings is 3. The Morgan fingerprint density at radius 2 is 1.79 bits per heavy atom. The first-order valence-electron chi connectivity index (χ1n) is 10.8. The SMILES string of the molecule is Cc1cc(C)cc(N(C(=O)CCN2C(=O)COc3ccccc32)c2nc3ccccc3s2)c1. The number of nitrogens with zero attached hydrogens (tertiary/aromatic N) is 3. The number of hydrogen-bond donors (Lipinski definition) is 0. The Balaban J connectivity index is 1.48. The highest BCUT2D eigenvalue weighted by molar-refractivity contribution is 7.22. The molecular weight excluding hydrogens is 434 g/mol. The van der Waals surface area contributed by atoms with Crippen molar-refractivity contribution in [1.29, 1.82) is 0 Å². The van der Waals surface area contributed by atoms with Gasteiger partial charge < -0.3 is 9.64 Å². The number of carbonyl (C=O) groups excluding carboxylic acids is 2. The van der Waals surface area contributed by atoms with Crippen molar-refractivity contribution in [1.82, 2.24) is 4.98 Å². The standard InChI is InChI=1S/C26H23N3O3S/c1-17-13-18(2)15-19(14-17)29(26-27-20-7-3-6-10-23(20)33-26)24(30)11-12-28-21-8-4-5-9-22(21)32-16-25(28)31/h3-10,13-15H,11-12,16H2,1-2H3. The number of para-hydroxylation sites is 3. The Morgan fingerprint density at radius 3 is 2.58 bits per heavy atom. The van der Waals surface area contributed by atoms with Crippen LogP contribution in [0.3, 0.4) is 0 Å². The van der Waals surface area contributed by atoms with Crippen molar-refractivity contribution in [3.8, 4) is 5.75 Å². The first kappa shape index (κ1) is 21.2. The summed E-state index contributed by atoms with van der Waals surface area (Å²) in [5.74, 6) is 0.386. The van der Waals surface area contributed by atoms with Crippen LogP contribution in [0, 0.1) is 13.8 Å².